The van der Waals surface area contributed by atoms with Crippen molar-refractivity contribution in [2.75, 3.05) is 23.8 Å². The first-order valence-corrected chi connectivity index (χ1v) is 9.03. The maximum atomic E-state index is 12.4. The standard InChI is InChI=1S/C17H17BrN4OS/c1-10-6-12(18)4-5-14(10)21-15(23)8-22(3)16-13-7-11(2)24-17(13)20-9-19-16/h4-7,9H,8H2,1-3H3,(H,21,23). The number of rotatable bonds is 4. The third-order valence-electron chi connectivity index (χ3n) is 3.64. The van der Waals surface area contributed by atoms with Crippen LogP contribution < -0.4 is 10.2 Å². The molecule has 3 aromatic rings. The number of fused-ring (bicyclic) bond motifs is 1. The summed E-state index contributed by atoms with van der Waals surface area (Å²) in [5.41, 5.74) is 1.83. The molecule has 24 heavy (non-hydrogen) atoms. The Hall–Kier alpha value is -1.99. The third-order valence-corrected chi connectivity index (χ3v) is 5.09. The Balaban J connectivity index is 1.76. The van der Waals surface area contributed by atoms with Crippen molar-refractivity contribution in [3.05, 3.63) is 45.5 Å². The molecule has 0 aliphatic heterocycles. The predicted octanol–water partition coefficient (Wildman–Crippen LogP) is 4.15. The van der Waals surface area contributed by atoms with Gasteiger partial charge in [-0.15, -0.1) is 11.3 Å². The molecule has 1 N–H and O–H groups in total. The number of anilines is 2. The van der Waals surface area contributed by atoms with Crippen molar-refractivity contribution < 1.29 is 4.79 Å². The van der Waals surface area contributed by atoms with Crippen LogP contribution in [0.5, 0.6) is 0 Å². The number of carbonyl (C=O) groups excluding carboxylic acids is 1. The number of thiophene rings is 1. The fourth-order valence-corrected chi connectivity index (χ4v) is 3.83. The Morgan fingerprint density at radius 2 is 2.08 bits per heavy atom. The Morgan fingerprint density at radius 3 is 2.83 bits per heavy atom. The first kappa shape index (κ1) is 16.9. The number of nitrogens with zero attached hydrogens (tertiary/aromatic N) is 3. The molecule has 0 unspecified atom stereocenters. The van der Waals surface area contributed by atoms with Gasteiger partial charge in [0.05, 0.1) is 11.9 Å². The third kappa shape index (κ3) is 3.57. The molecular formula is C17H17BrN4OS. The lowest BCUT2D eigenvalue weighted by atomic mass is 10.2. The van der Waals surface area contributed by atoms with Gasteiger partial charge in [-0.25, -0.2) is 9.97 Å². The van der Waals surface area contributed by atoms with E-state index in [0.29, 0.717) is 0 Å². The first-order valence-electron chi connectivity index (χ1n) is 7.42. The van der Waals surface area contributed by atoms with Crippen molar-refractivity contribution in [3.63, 3.8) is 0 Å². The van der Waals surface area contributed by atoms with Gasteiger partial charge in [0.2, 0.25) is 5.91 Å². The van der Waals surface area contributed by atoms with Crippen LogP contribution in [0.15, 0.2) is 35.1 Å². The van der Waals surface area contributed by atoms with Gasteiger partial charge in [0.15, 0.2) is 0 Å². The second-order valence-electron chi connectivity index (χ2n) is 5.64. The Bertz CT molecular complexity index is 909. The maximum absolute atomic E-state index is 12.4. The number of aromatic nitrogens is 2. The van der Waals surface area contributed by atoms with Gasteiger partial charge >= 0.3 is 0 Å². The molecule has 124 valence electrons. The van der Waals surface area contributed by atoms with E-state index < -0.39 is 0 Å². The average Bonchev–Trinajstić information content (AvgIpc) is 2.89. The summed E-state index contributed by atoms with van der Waals surface area (Å²) in [6, 6.07) is 7.83. The highest BCUT2D eigenvalue weighted by Crippen LogP contribution is 2.29. The summed E-state index contributed by atoms with van der Waals surface area (Å²) in [6.07, 6.45) is 1.54. The topological polar surface area (TPSA) is 58.1 Å². The zero-order chi connectivity index (χ0) is 17.3. The van der Waals surface area contributed by atoms with Crippen LogP contribution >= 0.6 is 27.3 Å². The summed E-state index contributed by atoms with van der Waals surface area (Å²) in [5.74, 6) is 0.689. The molecule has 0 spiro atoms. The van der Waals surface area contributed by atoms with E-state index in [-0.39, 0.29) is 12.5 Å². The van der Waals surface area contributed by atoms with Gasteiger partial charge < -0.3 is 10.2 Å². The van der Waals surface area contributed by atoms with Crippen LogP contribution in [0.3, 0.4) is 0 Å². The van der Waals surface area contributed by atoms with Crippen LogP contribution in [0.4, 0.5) is 11.5 Å². The molecule has 0 radical (unpaired) electrons. The molecule has 1 aromatic carbocycles. The van der Waals surface area contributed by atoms with Crippen molar-refractivity contribution in [1.29, 1.82) is 0 Å². The summed E-state index contributed by atoms with van der Waals surface area (Å²) in [4.78, 5) is 25.0. The summed E-state index contributed by atoms with van der Waals surface area (Å²) >= 11 is 5.05. The maximum Gasteiger partial charge on any atom is 0.243 e. The molecule has 0 fully saturated rings. The fraction of sp³-hybridized carbons (Fsp3) is 0.235. The van der Waals surface area contributed by atoms with E-state index >= 15 is 0 Å². The number of benzene rings is 1. The van der Waals surface area contributed by atoms with Crippen molar-refractivity contribution in [2.24, 2.45) is 0 Å². The summed E-state index contributed by atoms with van der Waals surface area (Å²) in [6.45, 7) is 4.22. The number of halogens is 1. The molecular weight excluding hydrogens is 388 g/mol. The molecule has 0 aliphatic rings. The zero-order valence-corrected chi connectivity index (χ0v) is 16.0. The van der Waals surface area contributed by atoms with Crippen LogP contribution in [-0.4, -0.2) is 29.5 Å². The Morgan fingerprint density at radius 1 is 1.29 bits per heavy atom. The van der Waals surface area contributed by atoms with Gasteiger partial charge in [0, 0.05) is 22.1 Å². The first-order chi connectivity index (χ1) is 11.4. The number of aryl methyl sites for hydroxylation is 2. The van der Waals surface area contributed by atoms with E-state index in [1.807, 2.05) is 44.0 Å². The van der Waals surface area contributed by atoms with Gasteiger partial charge in [0.1, 0.15) is 17.0 Å². The molecule has 0 aliphatic carbocycles. The number of carbonyl (C=O) groups is 1. The van der Waals surface area contributed by atoms with E-state index in [9.17, 15) is 4.79 Å². The molecule has 3 rings (SSSR count). The summed E-state index contributed by atoms with van der Waals surface area (Å²) in [5, 5.41) is 3.93. The highest BCUT2D eigenvalue weighted by atomic mass is 79.9. The van der Waals surface area contributed by atoms with Gasteiger partial charge in [-0.2, -0.15) is 0 Å². The molecule has 0 atom stereocenters. The molecule has 0 saturated heterocycles. The second-order valence-corrected chi connectivity index (χ2v) is 7.79. The molecule has 0 bridgehead atoms. The van der Waals surface area contributed by atoms with Gasteiger partial charge in [-0.1, -0.05) is 15.9 Å². The molecule has 0 saturated carbocycles. The van der Waals surface area contributed by atoms with Gasteiger partial charge in [-0.05, 0) is 43.7 Å². The average molecular weight is 405 g/mol. The van der Waals surface area contributed by atoms with E-state index in [1.54, 1.807) is 17.7 Å². The largest absolute Gasteiger partial charge is 0.350 e. The summed E-state index contributed by atoms with van der Waals surface area (Å²) < 4.78 is 0.992. The van der Waals surface area contributed by atoms with Gasteiger partial charge in [-0.3, -0.25) is 4.79 Å². The quantitative estimate of drug-likeness (QED) is 0.709. The Labute approximate surface area is 152 Å². The molecule has 7 heteroatoms. The highest BCUT2D eigenvalue weighted by molar-refractivity contribution is 9.10. The second kappa shape index (κ2) is 6.86. The number of likely N-dealkylation sites (N-methyl/N-ethyl adjacent to an activating group) is 1. The van der Waals surface area contributed by atoms with E-state index in [1.165, 1.54) is 4.88 Å². The van der Waals surface area contributed by atoms with E-state index in [0.717, 1.165) is 31.8 Å². The smallest absolute Gasteiger partial charge is 0.243 e. The lowest BCUT2D eigenvalue weighted by Crippen LogP contribution is -2.30. The van der Waals surface area contributed by atoms with Crippen LogP contribution in [-0.2, 0) is 4.79 Å². The molecule has 1 amide bonds. The molecule has 2 aromatic heterocycles. The van der Waals surface area contributed by atoms with Gasteiger partial charge in [0.25, 0.3) is 0 Å². The zero-order valence-electron chi connectivity index (χ0n) is 13.6. The van der Waals surface area contributed by atoms with Crippen LogP contribution in [0.1, 0.15) is 10.4 Å². The van der Waals surface area contributed by atoms with Crippen LogP contribution in [0, 0.1) is 13.8 Å². The van der Waals surface area contributed by atoms with Crippen molar-refractivity contribution in [2.45, 2.75) is 13.8 Å². The number of hydrogen-bond acceptors (Lipinski definition) is 5. The van der Waals surface area contributed by atoms with Crippen molar-refractivity contribution >= 4 is 54.9 Å². The minimum absolute atomic E-state index is 0.0818. The van der Waals surface area contributed by atoms with E-state index in [2.05, 4.69) is 37.3 Å². The predicted molar refractivity (Wildman–Crippen MR) is 103 cm³/mol. The highest BCUT2D eigenvalue weighted by Gasteiger charge is 2.14. The molecule has 2 heterocycles. The summed E-state index contributed by atoms with van der Waals surface area (Å²) in [7, 11) is 1.86. The lowest BCUT2D eigenvalue weighted by Gasteiger charge is -2.18. The number of amides is 1. The minimum Gasteiger partial charge on any atom is -0.350 e. The van der Waals surface area contributed by atoms with Crippen LogP contribution in [0.25, 0.3) is 10.2 Å². The lowest BCUT2D eigenvalue weighted by molar-refractivity contribution is -0.114. The van der Waals surface area contributed by atoms with Crippen LogP contribution in [0.2, 0.25) is 0 Å². The Kier molecular flexibility index (Phi) is 4.82. The monoisotopic (exact) mass is 404 g/mol. The minimum atomic E-state index is -0.0818. The number of nitrogens with one attached hydrogen (secondary N) is 1. The fourth-order valence-electron chi connectivity index (χ4n) is 2.52. The van der Waals surface area contributed by atoms with Crippen molar-refractivity contribution in [3.8, 4) is 0 Å². The van der Waals surface area contributed by atoms with E-state index in [4.69, 9.17) is 0 Å². The number of hydrogen-bond donors (Lipinski definition) is 1. The SMILES string of the molecule is Cc1cc2c(N(C)CC(=O)Nc3ccc(Br)cc3C)ncnc2s1. The normalized spacial score (nSPS) is 10.8. The molecule has 5 nitrogen and oxygen atoms in total. The van der Waals surface area contributed by atoms with Crippen molar-refractivity contribution in [1.82, 2.24) is 9.97 Å².